The number of benzene rings is 3. The molecule has 2 aliphatic rings. The van der Waals surface area contributed by atoms with Crippen molar-refractivity contribution < 1.29 is 18.0 Å². The van der Waals surface area contributed by atoms with E-state index in [1.54, 1.807) is 0 Å². The van der Waals surface area contributed by atoms with Crippen LogP contribution in [0.25, 0.3) is 0 Å². The van der Waals surface area contributed by atoms with E-state index in [1.165, 1.54) is 23.9 Å². The Hall–Kier alpha value is -2.93. The van der Waals surface area contributed by atoms with Gasteiger partial charge in [-0.3, -0.25) is 4.79 Å². The molecule has 5 rings (SSSR count). The molecule has 2 aliphatic heterocycles. The fraction of sp³-hybridized carbons (Fsp3) is 0.240. The minimum absolute atomic E-state index is 0.0167. The van der Waals surface area contributed by atoms with Gasteiger partial charge >= 0.3 is 6.18 Å². The van der Waals surface area contributed by atoms with Gasteiger partial charge in [0.2, 0.25) is 0 Å². The van der Waals surface area contributed by atoms with Crippen molar-refractivity contribution in [2.24, 2.45) is 0 Å². The number of rotatable bonds is 3. The van der Waals surface area contributed by atoms with Crippen LogP contribution in [0.15, 0.2) is 72.8 Å². The summed E-state index contributed by atoms with van der Waals surface area (Å²) in [5, 5.41) is 3.32. The summed E-state index contributed by atoms with van der Waals surface area (Å²) in [5.41, 5.74) is 4.16. The minimum atomic E-state index is -4.38. The van der Waals surface area contributed by atoms with Crippen LogP contribution in [0.2, 0.25) is 0 Å². The molecule has 3 atom stereocenters. The Bertz CT molecular complexity index is 1150. The molecule has 1 amide bonds. The van der Waals surface area contributed by atoms with Gasteiger partial charge in [0.15, 0.2) is 0 Å². The molecular weight excluding hydrogens is 433 g/mol. The average molecular weight is 455 g/mol. The number of carbonyl (C=O) groups excluding carboxylic acids is 1. The molecule has 0 spiro atoms. The Balaban J connectivity index is 1.55. The number of hydrogen-bond donors (Lipinski definition) is 1. The summed E-state index contributed by atoms with van der Waals surface area (Å²) in [4.78, 5) is 15.0. The van der Waals surface area contributed by atoms with Crippen LogP contribution in [0, 0.1) is 6.92 Å². The summed E-state index contributed by atoms with van der Waals surface area (Å²) in [6, 6.07) is 20.7. The average Bonchev–Trinajstić information content (AvgIpc) is 3.10. The van der Waals surface area contributed by atoms with E-state index >= 15 is 0 Å². The largest absolute Gasteiger partial charge is 0.416 e. The maximum atomic E-state index is 13.1. The van der Waals surface area contributed by atoms with E-state index in [9.17, 15) is 18.0 Å². The predicted octanol–water partition coefficient (Wildman–Crippen LogP) is 6.96. The van der Waals surface area contributed by atoms with E-state index < -0.39 is 11.7 Å². The Morgan fingerprint density at radius 2 is 1.72 bits per heavy atom. The highest BCUT2D eigenvalue weighted by molar-refractivity contribution is 8.14. The van der Waals surface area contributed by atoms with Crippen LogP contribution in [0.1, 0.15) is 39.9 Å². The number of hydrogen-bond acceptors (Lipinski definition) is 3. The number of anilines is 1. The molecule has 1 fully saturated rings. The third-order valence-electron chi connectivity index (χ3n) is 6.08. The first kappa shape index (κ1) is 20.9. The van der Waals surface area contributed by atoms with E-state index in [1.807, 2.05) is 54.3 Å². The second kappa shape index (κ2) is 7.89. The summed E-state index contributed by atoms with van der Waals surface area (Å²) in [7, 11) is 0. The molecule has 0 radical (unpaired) electrons. The topological polar surface area (TPSA) is 32.3 Å². The Morgan fingerprint density at radius 3 is 2.41 bits per heavy atom. The van der Waals surface area contributed by atoms with Crippen LogP contribution in [0.4, 0.5) is 23.7 Å². The molecule has 0 saturated carbocycles. The zero-order valence-electron chi connectivity index (χ0n) is 17.3. The third-order valence-corrected chi connectivity index (χ3v) is 7.31. The lowest BCUT2D eigenvalue weighted by Crippen LogP contribution is -2.37. The maximum absolute atomic E-state index is 13.1. The lowest BCUT2D eigenvalue weighted by atomic mass is 9.87. The third kappa shape index (κ3) is 3.75. The SMILES string of the molecule is Cc1ccc2c(c1)[C@@H]1[C@@H](SC(=O)N1Cc1ccccc1)[C@H](c1ccc(C(F)(F)F)cc1)N2. The Kier molecular flexibility index (Phi) is 5.16. The first-order valence-corrected chi connectivity index (χ1v) is 11.2. The van der Waals surface area contributed by atoms with Crippen molar-refractivity contribution in [1.82, 2.24) is 4.90 Å². The molecule has 0 aliphatic carbocycles. The van der Waals surface area contributed by atoms with Crippen molar-refractivity contribution in [3.05, 3.63) is 101 Å². The van der Waals surface area contributed by atoms with E-state index in [4.69, 9.17) is 0 Å². The zero-order chi connectivity index (χ0) is 22.5. The number of nitrogens with one attached hydrogen (secondary N) is 1. The second-order valence-corrected chi connectivity index (χ2v) is 9.37. The number of thioether (sulfide) groups is 1. The van der Waals surface area contributed by atoms with Crippen LogP contribution in [0.3, 0.4) is 0 Å². The van der Waals surface area contributed by atoms with E-state index in [0.717, 1.165) is 40.1 Å². The molecule has 0 aromatic heterocycles. The van der Waals surface area contributed by atoms with Gasteiger partial charge in [0.05, 0.1) is 22.9 Å². The normalized spacial score (nSPS) is 22.3. The Morgan fingerprint density at radius 1 is 1.00 bits per heavy atom. The molecule has 32 heavy (non-hydrogen) atoms. The number of halogens is 3. The molecule has 0 bridgehead atoms. The highest BCUT2D eigenvalue weighted by Gasteiger charge is 2.49. The summed E-state index contributed by atoms with van der Waals surface area (Å²) in [5.74, 6) is 0. The van der Waals surface area contributed by atoms with Crippen LogP contribution >= 0.6 is 11.8 Å². The smallest absolute Gasteiger partial charge is 0.377 e. The number of aryl methyl sites for hydroxylation is 1. The van der Waals surface area contributed by atoms with Crippen LogP contribution < -0.4 is 5.32 Å². The Labute approximate surface area is 188 Å². The summed E-state index contributed by atoms with van der Waals surface area (Å²) in [6.07, 6.45) is -4.38. The summed E-state index contributed by atoms with van der Waals surface area (Å²) >= 11 is 1.26. The number of carbonyl (C=O) groups is 1. The lowest BCUT2D eigenvalue weighted by Gasteiger charge is -2.39. The highest BCUT2D eigenvalue weighted by Crippen LogP contribution is 2.53. The van der Waals surface area contributed by atoms with Crippen molar-refractivity contribution >= 4 is 22.7 Å². The maximum Gasteiger partial charge on any atom is 0.416 e. The first-order valence-electron chi connectivity index (χ1n) is 10.4. The molecule has 3 nitrogen and oxygen atoms in total. The van der Waals surface area contributed by atoms with Crippen molar-refractivity contribution in [1.29, 1.82) is 0 Å². The van der Waals surface area contributed by atoms with Crippen molar-refractivity contribution in [2.45, 2.75) is 37.0 Å². The number of alkyl halides is 3. The van der Waals surface area contributed by atoms with Gasteiger partial charge in [0, 0.05) is 12.2 Å². The van der Waals surface area contributed by atoms with Gasteiger partial charge in [-0.15, -0.1) is 0 Å². The number of nitrogens with zero attached hydrogens (tertiary/aromatic N) is 1. The van der Waals surface area contributed by atoms with Gasteiger partial charge in [-0.25, -0.2) is 0 Å². The van der Waals surface area contributed by atoms with Crippen molar-refractivity contribution in [3.63, 3.8) is 0 Å². The van der Waals surface area contributed by atoms with Crippen molar-refractivity contribution in [3.8, 4) is 0 Å². The van der Waals surface area contributed by atoms with Crippen LogP contribution in [-0.4, -0.2) is 15.4 Å². The number of amides is 1. The molecular formula is C25H21F3N2OS. The van der Waals surface area contributed by atoms with Gasteiger partial charge in [-0.05, 0) is 41.8 Å². The van der Waals surface area contributed by atoms with E-state index in [-0.39, 0.29) is 22.6 Å². The van der Waals surface area contributed by atoms with Gasteiger partial charge in [-0.1, -0.05) is 71.9 Å². The quantitative estimate of drug-likeness (QED) is 0.464. The van der Waals surface area contributed by atoms with Gasteiger partial charge < -0.3 is 10.2 Å². The highest BCUT2D eigenvalue weighted by atomic mass is 32.2. The van der Waals surface area contributed by atoms with Crippen LogP contribution in [0.5, 0.6) is 0 Å². The van der Waals surface area contributed by atoms with E-state index in [2.05, 4.69) is 11.4 Å². The lowest BCUT2D eigenvalue weighted by molar-refractivity contribution is -0.137. The summed E-state index contributed by atoms with van der Waals surface area (Å²) in [6.45, 7) is 2.50. The molecule has 3 aromatic carbocycles. The molecule has 1 saturated heterocycles. The fourth-order valence-corrected chi connectivity index (χ4v) is 5.87. The van der Waals surface area contributed by atoms with E-state index in [0.29, 0.717) is 6.54 Å². The molecule has 2 heterocycles. The second-order valence-electron chi connectivity index (χ2n) is 8.24. The zero-order valence-corrected chi connectivity index (χ0v) is 18.1. The molecule has 1 N–H and O–H groups in total. The van der Waals surface area contributed by atoms with Gasteiger partial charge in [0.1, 0.15) is 0 Å². The van der Waals surface area contributed by atoms with Crippen LogP contribution in [-0.2, 0) is 12.7 Å². The molecule has 0 unspecified atom stereocenters. The first-order chi connectivity index (χ1) is 15.3. The number of fused-ring (bicyclic) bond motifs is 3. The van der Waals surface area contributed by atoms with Gasteiger partial charge in [0.25, 0.3) is 5.24 Å². The fourth-order valence-electron chi connectivity index (χ4n) is 4.54. The minimum Gasteiger partial charge on any atom is -0.377 e. The summed E-state index contributed by atoms with van der Waals surface area (Å²) < 4.78 is 39.2. The molecule has 3 aromatic rings. The predicted molar refractivity (Wildman–Crippen MR) is 120 cm³/mol. The molecule has 7 heteroatoms. The monoisotopic (exact) mass is 454 g/mol. The van der Waals surface area contributed by atoms with Gasteiger partial charge in [-0.2, -0.15) is 13.2 Å². The van der Waals surface area contributed by atoms with Crippen molar-refractivity contribution in [2.75, 3.05) is 5.32 Å². The molecule has 164 valence electrons. The standard InChI is InChI=1S/C25H21F3N2OS/c1-15-7-12-20-19(13-15)22-23(32-24(31)30(22)14-16-5-3-2-4-6-16)21(29-20)17-8-10-18(11-9-17)25(26,27)28/h2-13,21-23,29H,14H2,1H3/t21-,22+,23-/m0/s1.